The third kappa shape index (κ3) is 4.33. The number of fused-ring (bicyclic) bond motifs is 5. The molecule has 48 heavy (non-hydrogen) atoms. The molecule has 2 heterocycles. The Kier molecular flexibility index (Phi) is 6.37. The number of ether oxygens (including phenoxy) is 1. The van der Waals surface area contributed by atoms with E-state index < -0.39 is 8.07 Å². The predicted molar refractivity (Wildman–Crippen MR) is 200 cm³/mol. The lowest BCUT2D eigenvalue weighted by Gasteiger charge is -2.40. The fourth-order valence-corrected chi connectivity index (χ4v) is 11.0. The molecule has 0 amide bonds. The summed E-state index contributed by atoms with van der Waals surface area (Å²) in [6.07, 6.45) is 0. The van der Waals surface area contributed by atoms with Crippen LogP contribution >= 0.6 is 0 Å². The van der Waals surface area contributed by atoms with E-state index in [-0.39, 0.29) is 11.3 Å². The van der Waals surface area contributed by atoms with Gasteiger partial charge in [0.2, 0.25) is 0 Å². The van der Waals surface area contributed by atoms with E-state index in [0.717, 1.165) is 45.0 Å². The summed E-state index contributed by atoms with van der Waals surface area (Å²) in [7, 11) is -2.21. The van der Waals surface area contributed by atoms with Crippen LogP contribution in [0.4, 0.5) is 0 Å². The van der Waals surface area contributed by atoms with Gasteiger partial charge in [-0.05, 0) is 68.5 Å². The van der Waals surface area contributed by atoms with E-state index in [0.29, 0.717) is 0 Å². The maximum absolute atomic E-state index is 6.68. The largest absolute Gasteiger partial charge is 0.458 e. The molecule has 1 aromatic heterocycles. The van der Waals surface area contributed by atoms with Gasteiger partial charge in [-0.15, -0.1) is 0 Å². The normalized spacial score (nSPS) is 15.5. The Labute approximate surface area is 283 Å². The third-order valence-electron chi connectivity index (χ3n) is 10.7. The predicted octanol–water partition coefficient (Wildman–Crippen LogP) is 9.71. The van der Waals surface area contributed by atoms with Crippen LogP contribution in [0.2, 0.25) is 13.1 Å². The molecule has 9 rings (SSSR count). The molecule has 0 radical (unpaired) electrons. The molecular formula is C44H36N2OSi. The van der Waals surface area contributed by atoms with Gasteiger partial charge < -0.3 is 4.74 Å². The lowest BCUT2D eigenvalue weighted by Crippen LogP contribution is -2.56. The van der Waals surface area contributed by atoms with Gasteiger partial charge in [-0.3, -0.25) is 0 Å². The molecule has 1 aliphatic carbocycles. The van der Waals surface area contributed by atoms with Gasteiger partial charge in [0.25, 0.3) is 0 Å². The van der Waals surface area contributed by atoms with Crippen molar-refractivity contribution < 1.29 is 4.74 Å². The van der Waals surface area contributed by atoms with Crippen LogP contribution in [0.15, 0.2) is 140 Å². The SMILES string of the molecule is CC1(C)c2ccccc2C(c2ccc3c(c2)[Si](C)(C)c2cc(-c4nc(-c5ccccc5)c5ccccc5n4)ccc2O3)c2ccccc21. The van der Waals surface area contributed by atoms with Gasteiger partial charge >= 0.3 is 0 Å². The quantitative estimate of drug-likeness (QED) is 0.181. The van der Waals surface area contributed by atoms with Gasteiger partial charge in [0.1, 0.15) is 19.6 Å². The zero-order valence-corrected chi connectivity index (χ0v) is 28.7. The Morgan fingerprint density at radius 3 is 1.92 bits per heavy atom. The van der Waals surface area contributed by atoms with Crippen LogP contribution in [0.5, 0.6) is 11.5 Å². The van der Waals surface area contributed by atoms with E-state index in [4.69, 9.17) is 14.7 Å². The van der Waals surface area contributed by atoms with Crippen molar-refractivity contribution in [3.8, 4) is 34.1 Å². The number of hydrogen-bond donors (Lipinski definition) is 0. The van der Waals surface area contributed by atoms with Crippen LogP contribution in [0, 0.1) is 0 Å². The summed E-state index contributed by atoms with van der Waals surface area (Å²) in [5, 5.41) is 3.65. The van der Waals surface area contributed by atoms with Crippen LogP contribution in [0.3, 0.4) is 0 Å². The Balaban J connectivity index is 1.17. The van der Waals surface area contributed by atoms with Gasteiger partial charge in [0, 0.05) is 27.8 Å². The fourth-order valence-electron chi connectivity index (χ4n) is 8.14. The minimum absolute atomic E-state index is 0.0599. The average Bonchev–Trinajstić information content (AvgIpc) is 3.12. The molecular weight excluding hydrogens is 601 g/mol. The maximum atomic E-state index is 6.68. The summed E-state index contributed by atoms with van der Waals surface area (Å²) < 4.78 is 6.68. The van der Waals surface area contributed by atoms with Crippen molar-refractivity contribution in [3.63, 3.8) is 0 Å². The van der Waals surface area contributed by atoms with E-state index in [9.17, 15) is 0 Å². The molecule has 4 heteroatoms. The Hall–Kier alpha value is -5.32. The highest BCUT2D eigenvalue weighted by Crippen LogP contribution is 2.49. The van der Waals surface area contributed by atoms with Crippen LogP contribution < -0.4 is 15.1 Å². The molecule has 1 aliphatic heterocycles. The molecule has 7 aromatic rings. The van der Waals surface area contributed by atoms with E-state index in [1.54, 1.807) is 0 Å². The second-order valence-electron chi connectivity index (χ2n) is 14.2. The van der Waals surface area contributed by atoms with Gasteiger partial charge in [-0.25, -0.2) is 9.97 Å². The molecule has 0 atom stereocenters. The summed E-state index contributed by atoms with van der Waals surface area (Å²) in [5.74, 6) is 2.81. The molecule has 0 fully saturated rings. The lowest BCUT2D eigenvalue weighted by atomic mass is 9.64. The zero-order chi connectivity index (χ0) is 32.6. The molecule has 6 aromatic carbocycles. The molecule has 0 saturated heterocycles. The van der Waals surface area contributed by atoms with Crippen LogP contribution in [0.25, 0.3) is 33.5 Å². The number of benzene rings is 6. The zero-order valence-electron chi connectivity index (χ0n) is 27.7. The molecule has 0 N–H and O–H groups in total. The summed E-state index contributed by atoms with van der Waals surface area (Å²) in [6.45, 7) is 9.61. The second kappa shape index (κ2) is 10.6. The first-order valence-corrected chi connectivity index (χ1v) is 19.8. The number of nitrogens with zero attached hydrogens (tertiary/aromatic N) is 2. The minimum Gasteiger partial charge on any atom is -0.458 e. The van der Waals surface area contributed by atoms with Crippen molar-refractivity contribution >= 4 is 29.4 Å². The number of para-hydroxylation sites is 1. The molecule has 2 aliphatic rings. The topological polar surface area (TPSA) is 35.0 Å². The van der Waals surface area contributed by atoms with Crippen molar-refractivity contribution in [1.82, 2.24) is 9.97 Å². The first kappa shape index (κ1) is 28.9. The fraction of sp³-hybridized carbons (Fsp3) is 0.136. The molecule has 0 unspecified atom stereocenters. The van der Waals surface area contributed by atoms with Crippen molar-refractivity contribution in [1.29, 1.82) is 0 Å². The first-order valence-electron chi connectivity index (χ1n) is 16.8. The summed E-state index contributed by atoms with van der Waals surface area (Å²) >= 11 is 0. The van der Waals surface area contributed by atoms with Crippen molar-refractivity contribution in [2.75, 3.05) is 0 Å². The van der Waals surface area contributed by atoms with Crippen molar-refractivity contribution in [2.45, 2.75) is 38.3 Å². The number of rotatable bonds is 3. The summed E-state index contributed by atoms with van der Waals surface area (Å²) in [6, 6.07) is 50.2. The molecule has 232 valence electrons. The maximum Gasteiger partial charge on any atom is 0.160 e. The van der Waals surface area contributed by atoms with Crippen molar-refractivity contribution in [3.05, 3.63) is 167 Å². The lowest BCUT2D eigenvalue weighted by molar-refractivity contribution is 0.486. The van der Waals surface area contributed by atoms with E-state index in [1.165, 1.54) is 38.2 Å². The van der Waals surface area contributed by atoms with Gasteiger partial charge in [0.05, 0.1) is 11.2 Å². The highest BCUT2D eigenvalue weighted by atomic mass is 28.3. The first-order chi connectivity index (χ1) is 23.3. The third-order valence-corrected chi connectivity index (χ3v) is 14.2. The van der Waals surface area contributed by atoms with Crippen LogP contribution in [-0.2, 0) is 5.41 Å². The number of hydrogen-bond acceptors (Lipinski definition) is 3. The monoisotopic (exact) mass is 636 g/mol. The second-order valence-corrected chi connectivity index (χ2v) is 18.5. The molecule has 3 nitrogen and oxygen atoms in total. The highest BCUT2D eigenvalue weighted by Gasteiger charge is 2.40. The Morgan fingerprint density at radius 2 is 1.19 bits per heavy atom. The average molecular weight is 637 g/mol. The Bertz CT molecular complexity index is 2350. The van der Waals surface area contributed by atoms with Gasteiger partial charge in [-0.1, -0.05) is 136 Å². The summed E-state index contributed by atoms with van der Waals surface area (Å²) in [5.41, 5.74) is 10.8. The Morgan fingerprint density at radius 1 is 0.583 bits per heavy atom. The van der Waals surface area contributed by atoms with E-state index in [2.05, 4.69) is 154 Å². The standard InChI is InChI=1S/C44H36N2OSi/c1-44(2)34-19-11-8-16-31(34)41(32-17-9-12-20-35(32)44)29-22-24-37-39(26-29)48(3,4)40-27-30(23-25-38(40)47-37)43-45-36-21-13-10-18-33(36)42(46-43)28-14-6-5-7-15-28/h5-27,41H,1-4H3. The number of aromatic nitrogens is 2. The van der Waals surface area contributed by atoms with Gasteiger partial charge in [-0.2, -0.15) is 0 Å². The van der Waals surface area contributed by atoms with Crippen LogP contribution in [0.1, 0.15) is 47.6 Å². The van der Waals surface area contributed by atoms with E-state index in [1.807, 2.05) is 12.1 Å². The molecule has 0 spiro atoms. The van der Waals surface area contributed by atoms with E-state index >= 15 is 0 Å². The molecule has 0 saturated carbocycles. The highest BCUT2D eigenvalue weighted by molar-refractivity contribution is 7.01. The van der Waals surface area contributed by atoms with Crippen LogP contribution in [-0.4, -0.2) is 18.0 Å². The van der Waals surface area contributed by atoms with Crippen molar-refractivity contribution in [2.24, 2.45) is 0 Å². The van der Waals surface area contributed by atoms with Gasteiger partial charge in [0.15, 0.2) is 5.82 Å². The minimum atomic E-state index is -2.21. The molecule has 0 bridgehead atoms. The smallest absolute Gasteiger partial charge is 0.160 e. The summed E-state index contributed by atoms with van der Waals surface area (Å²) in [4.78, 5) is 10.2.